The van der Waals surface area contributed by atoms with E-state index in [0.717, 1.165) is 12.8 Å². The van der Waals surface area contributed by atoms with Gasteiger partial charge in [0, 0.05) is 6.61 Å². The van der Waals surface area contributed by atoms with Gasteiger partial charge in [-0.2, -0.15) is 0 Å². The molecule has 1 aromatic carbocycles. The lowest BCUT2D eigenvalue weighted by Gasteiger charge is -2.15. The number of aliphatic hydroxyl groups excluding tert-OH is 1. The minimum absolute atomic E-state index is 0.235. The van der Waals surface area contributed by atoms with Crippen molar-refractivity contribution in [2.24, 2.45) is 5.73 Å². The standard InChI is InChI=1S/C12H19NO/c1-10-3-2-4-12(9-10)11(5-7-13)6-8-14/h2-4,9,11,14H,5-8,13H2,1H3. The molecule has 2 nitrogen and oxygen atoms in total. The predicted molar refractivity (Wildman–Crippen MR) is 59.3 cm³/mol. The molecule has 0 heterocycles. The Hall–Kier alpha value is -0.860. The van der Waals surface area contributed by atoms with E-state index in [0.29, 0.717) is 12.5 Å². The van der Waals surface area contributed by atoms with Crippen molar-refractivity contribution < 1.29 is 5.11 Å². The van der Waals surface area contributed by atoms with Crippen LogP contribution in [0.15, 0.2) is 24.3 Å². The summed E-state index contributed by atoms with van der Waals surface area (Å²) >= 11 is 0. The Labute approximate surface area is 85.8 Å². The van der Waals surface area contributed by atoms with Crippen LogP contribution in [0, 0.1) is 6.92 Å². The van der Waals surface area contributed by atoms with Gasteiger partial charge in [-0.1, -0.05) is 29.8 Å². The Morgan fingerprint density at radius 1 is 1.36 bits per heavy atom. The molecule has 14 heavy (non-hydrogen) atoms. The molecule has 1 unspecified atom stereocenters. The van der Waals surface area contributed by atoms with Crippen molar-refractivity contribution in [1.29, 1.82) is 0 Å². The predicted octanol–water partition coefficient (Wildman–Crippen LogP) is 1.81. The molecule has 1 atom stereocenters. The molecule has 0 saturated carbocycles. The second-order valence-electron chi connectivity index (χ2n) is 3.70. The minimum Gasteiger partial charge on any atom is -0.396 e. The fraction of sp³-hybridized carbons (Fsp3) is 0.500. The normalized spacial score (nSPS) is 12.8. The smallest absolute Gasteiger partial charge is 0.0436 e. The zero-order chi connectivity index (χ0) is 10.4. The van der Waals surface area contributed by atoms with Crippen LogP contribution < -0.4 is 5.73 Å². The molecule has 2 heteroatoms. The molecule has 0 spiro atoms. The van der Waals surface area contributed by atoms with Crippen LogP contribution in [-0.2, 0) is 0 Å². The highest BCUT2D eigenvalue weighted by molar-refractivity contribution is 5.25. The highest BCUT2D eigenvalue weighted by Gasteiger charge is 2.09. The van der Waals surface area contributed by atoms with E-state index in [4.69, 9.17) is 10.8 Å². The summed E-state index contributed by atoms with van der Waals surface area (Å²) in [7, 11) is 0. The number of hydrogen-bond acceptors (Lipinski definition) is 2. The molecule has 78 valence electrons. The third kappa shape index (κ3) is 3.13. The van der Waals surface area contributed by atoms with Crippen molar-refractivity contribution in [3.63, 3.8) is 0 Å². The van der Waals surface area contributed by atoms with Crippen LogP contribution in [0.25, 0.3) is 0 Å². The van der Waals surface area contributed by atoms with Gasteiger partial charge in [0.2, 0.25) is 0 Å². The van der Waals surface area contributed by atoms with E-state index >= 15 is 0 Å². The molecule has 0 radical (unpaired) electrons. The lowest BCUT2D eigenvalue weighted by molar-refractivity contribution is 0.273. The Morgan fingerprint density at radius 3 is 2.71 bits per heavy atom. The molecule has 0 aliphatic carbocycles. The molecular weight excluding hydrogens is 174 g/mol. The molecule has 0 fully saturated rings. The van der Waals surface area contributed by atoms with Gasteiger partial charge >= 0.3 is 0 Å². The van der Waals surface area contributed by atoms with E-state index in [9.17, 15) is 0 Å². The first kappa shape index (κ1) is 11.2. The maximum absolute atomic E-state index is 8.95. The molecule has 0 saturated heterocycles. The van der Waals surface area contributed by atoms with Gasteiger partial charge in [-0.05, 0) is 37.8 Å². The number of nitrogens with two attached hydrogens (primary N) is 1. The van der Waals surface area contributed by atoms with E-state index in [1.165, 1.54) is 11.1 Å². The summed E-state index contributed by atoms with van der Waals surface area (Å²) in [4.78, 5) is 0. The summed E-state index contributed by atoms with van der Waals surface area (Å²) in [6.07, 6.45) is 1.75. The number of benzene rings is 1. The molecule has 0 aliphatic heterocycles. The van der Waals surface area contributed by atoms with Gasteiger partial charge in [-0.25, -0.2) is 0 Å². The van der Waals surface area contributed by atoms with E-state index < -0.39 is 0 Å². The monoisotopic (exact) mass is 193 g/mol. The van der Waals surface area contributed by atoms with Crippen molar-refractivity contribution in [2.75, 3.05) is 13.2 Å². The van der Waals surface area contributed by atoms with Crippen molar-refractivity contribution in [3.05, 3.63) is 35.4 Å². The van der Waals surface area contributed by atoms with Crippen molar-refractivity contribution in [1.82, 2.24) is 0 Å². The van der Waals surface area contributed by atoms with Crippen LogP contribution in [0.2, 0.25) is 0 Å². The molecule has 0 aliphatic rings. The first-order chi connectivity index (χ1) is 6.77. The molecule has 3 N–H and O–H groups in total. The molecule has 0 bridgehead atoms. The number of aliphatic hydroxyl groups is 1. The highest BCUT2D eigenvalue weighted by Crippen LogP contribution is 2.23. The summed E-state index contributed by atoms with van der Waals surface area (Å²) in [6.45, 7) is 3.00. The second kappa shape index (κ2) is 5.78. The summed E-state index contributed by atoms with van der Waals surface area (Å²) in [6, 6.07) is 8.44. The van der Waals surface area contributed by atoms with Gasteiger partial charge in [0.05, 0.1) is 0 Å². The summed E-state index contributed by atoms with van der Waals surface area (Å²) in [5.74, 6) is 0.407. The third-order valence-corrected chi connectivity index (χ3v) is 2.51. The van der Waals surface area contributed by atoms with Gasteiger partial charge in [0.15, 0.2) is 0 Å². The van der Waals surface area contributed by atoms with Gasteiger partial charge in [-0.3, -0.25) is 0 Å². The largest absolute Gasteiger partial charge is 0.396 e. The summed E-state index contributed by atoms with van der Waals surface area (Å²) < 4.78 is 0. The summed E-state index contributed by atoms with van der Waals surface area (Å²) in [5, 5.41) is 8.95. The van der Waals surface area contributed by atoms with Crippen LogP contribution in [-0.4, -0.2) is 18.3 Å². The van der Waals surface area contributed by atoms with Crippen LogP contribution in [0.4, 0.5) is 0 Å². The minimum atomic E-state index is 0.235. The quantitative estimate of drug-likeness (QED) is 0.749. The van der Waals surface area contributed by atoms with Crippen LogP contribution in [0.5, 0.6) is 0 Å². The molecular formula is C12H19NO. The van der Waals surface area contributed by atoms with E-state index in [1.807, 2.05) is 0 Å². The maximum atomic E-state index is 8.95. The molecule has 0 aromatic heterocycles. The Balaban J connectivity index is 2.75. The Bertz CT molecular complexity index is 267. The Morgan fingerprint density at radius 2 is 2.14 bits per heavy atom. The average molecular weight is 193 g/mol. The van der Waals surface area contributed by atoms with Gasteiger partial charge in [-0.15, -0.1) is 0 Å². The highest BCUT2D eigenvalue weighted by atomic mass is 16.3. The topological polar surface area (TPSA) is 46.2 Å². The molecule has 1 aromatic rings. The van der Waals surface area contributed by atoms with Gasteiger partial charge in [0.1, 0.15) is 0 Å². The third-order valence-electron chi connectivity index (χ3n) is 2.51. The Kier molecular flexibility index (Phi) is 4.63. The zero-order valence-electron chi connectivity index (χ0n) is 8.74. The van der Waals surface area contributed by atoms with Gasteiger partial charge in [0.25, 0.3) is 0 Å². The lowest BCUT2D eigenvalue weighted by Crippen LogP contribution is -2.09. The maximum Gasteiger partial charge on any atom is 0.0436 e. The SMILES string of the molecule is Cc1cccc(C(CCN)CCO)c1. The van der Waals surface area contributed by atoms with Crippen molar-refractivity contribution >= 4 is 0 Å². The van der Waals surface area contributed by atoms with Crippen LogP contribution in [0.1, 0.15) is 29.9 Å². The van der Waals surface area contributed by atoms with Crippen molar-refractivity contribution in [3.8, 4) is 0 Å². The number of hydrogen-bond donors (Lipinski definition) is 2. The lowest BCUT2D eigenvalue weighted by atomic mass is 9.92. The first-order valence-corrected chi connectivity index (χ1v) is 5.15. The first-order valence-electron chi connectivity index (χ1n) is 5.15. The van der Waals surface area contributed by atoms with Crippen LogP contribution in [0.3, 0.4) is 0 Å². The average Bonchev–Trinajstić information content (AvgIpc) is 2.17. The van der Waals surface area contributed by atoms with Crippen LogP contribution >= 0.6 is 0 Å². The van der Waals surface area contributed by atoms with Crippen molar-refractivity contribution in [2.45, 2.75) is 25.7 Å². The van der Waals surface area contributed by atoms with Gasteiger partial charge < -0.3 is 10.8 Å². The zero-order valence-corrected chi connectivity index (χ0v) is 8.74. The number of aryl methyl sites for hydroxylation is 1. The van der Waals surface area contributed by atoms with E-state index in [-0.39, 0.29) is 6.61 Å². The summed E-state index contributed by atoms with van der Waals surface area (Å²) in [5.41, 5.74) is 8.12. The fourth-order valence-electron chi connectivity index (χ4n) is 1.76. The number of rotatable bonds is 5. The fourth-order valence-corrected chi connectivity index (χ4v) is 1.76. The van der Waals surface area contributed by atoms with E-state index in [2.05, 4.69) is 31.2 Å². The molecule has 1 rings (SSSR count). The second-order valence-corrected chi connectivity index (χ2v) is 3.70. The van der Waals surface area contributed by atoms with E-state index in [1.54, 1.807) is 0 Å². The molecule has 0 amide bonds.